The van der Waals surface area contributed by atoms with Crippen LogP contribution < -0.4 is 10.9 Å². The van der Waals surface area contributed by atoms with Gasteiger partial charge in [-0.25, -0.2) is 0 Å². The number of carbonyl (C=O) groups is 3. The molecule has 2 amide bonds. The van der Waals surface area contributed by atoms with Crippen LogP contribution in [-0.2, 0) is 29.0 Å². The van der Waals surface area contributed by atoms with Crippen molar-refractivity contribution in [1.29, 1.82) is 0 Å². The van der Waals surface area contributed by atoms with Gasteiger partial charge in [0.1, 0.15) is 17.6 Å². The minimum absolute atomic E-state index is 0.0666. The average molecular weight is 474 g/mol. The van der Waals surface area contributed by atoms with Crippen LogP contribution in [-0.4, -0.2) is 51.5 Å². The zero-order valence-corrected chi connectivity index (χ0v) is 20.8. The van der Waals surface area contributed by atoms with Crippen LogP contribution >= 0.6 is 0 Å². The normalized spacial score (nSPS) is 17.3. The molecular formula is C26H39N3O5. The van der Waals surface area contributed by atoms with Crippen molar-refractivity contribution in [2.75, 3.05) is 13.6 Å². The first-order valence-electron chi connectivity index (χ1n) is 12.7. The number of nitrogens with one attached hydrogen (secondary N) is 1. The van der Waals surface area contributed by atoms with Crippen molar-refractivity contribution < 1.29 is 19.5 Å². The monoisotopic (exact) mass is 473 g/mol. The second-order valence-electron chi connectivity index (χ2n) is 10.5. The van der Waals surface area contributed by atoms with E-state index in [0.717, 1.165) is 67.5 Å². The molecule has 0 atom stereocenters. The number of carboxylic acids is 1. The molecule has 0 aromatic carbocycles. The van der Waals surface area contributed by atoms with E-state index in [1.54, 1.807) is 6.07 Å². The molecule has 0 spiro atoms. The van der Waals surface area contributed by atoms with Gasteiger partial charge >= 0.3 is 5.97 Å². The number of hydrogen-bond acceptors (Lipinski definition) is 4. The fourth-order valence-electron chi connectivity index (χ4n) is 5.37. The number of amides is 2. The van der Waals surface area contributed by atoms with E-state index in [2.05, 4.69) is 5.32 Å². The third-order valence-corrected chi connectivity index (χ3v) is 7.19. The molecule has 1 heterocycles. The lowest BCUT2D eigenvalue weighted by Crippen LogP contribution is -2.56. The summed E-state index contributed by atoms with van der Waals surface area (Å²) >= 11 is 0. The van der Waals surface area contributed by atoms with Crippen LogP contribution in [0.4, 0.5) is 0 Å². The lowest BCUT2D eigenvalue weighted by molar-refractivity contribution is -0.145. The van der Waals surface area contributed by atoms with Crippen LogP contribution in [0.2, 0.25) is 0 Å². The molecule has 0 aliphatic heterocycles. The van der Waals surface area contributed by atoms with Crippen molar-refractivity contribution in [3.05, 3.63) is 33.2 Å². The highest BCUT2D eigenvalue weighted by Crippen LogP contribution is 2.27. The molecule has 34 heavy (non-hydrogen) atoms. The van der Waals surface area contributed by atoms with Gasteiger partial charge in [0.15, 0.2) is 0 Å². The summed E-state index contributed by atoms with van der Waals surface area (Å²) in [6, 6.07) is 1.73. The Bertz CT molecular complexity index is 975. The summed E-state index contributed by atoms with van der Waals surface area (Å²) in [5, 5.41) is 11.7. The van der Waals surface area contributed by atoms with Crippen molar-refractivity contribution in [1.82, 2.24) is 14.8 Å². The van der Waals surface area contributed by atoms with Gasteiger partial charge in [0.25, 0.3) is 11.5 Å². The molecule has 1 aromatic heterocycles. The molecule has 3 rings (SSSR count). The van der Waals surface area contributed by atoms with Gasteiger partial charge in [-0.15, -0.1) is 0 Å². The number of fused-ring (bicyclic) bond motifs is 1. The molecule has 0 unspecified atom stereocenters. The van der Waals surface area contributed by atoms with Crippen molar-refractivity contribution in [3.8, 4) is 0 Å². The van der Waals surface area contributed by atoms with Crippen molar-refractivity contribution >= 4 is 17.8 Å². The fourth-order valence-corrected chi connectivity index (χ4v) is 5.37. The predicted octanol–water partition coefficient (Wildman–Crippen LogP) is 3.14. The molecule has 0 radical (unpaired) electrons. The van der Waals surface area contributed by atoms with Crippen molar-refractivity contribution in [2.45, 2.75) is 96.6 Å². The molecule has 8 nitrogen and oxygen atoms in total. The van der Waals surface area contributed by atoms with Gasteiger partial charge in [-0.05, 0) is 69.9 Å². The Labute approximate surface area is 201 Å². The van der Waals surface area contributed by atoms with Crippen molar-refractivity contribution in [3.63, 3.8) is 0 Å². The zero-order chi connectivity index (χ0) is 24.9. The molecule has 1 aromatic rings. The Morgan fingerprint density at radius 1 is 1.06 bits per heavy atom. The number of pyridine rings is 1. The summed E-state index contributed by atoms with van der Waals surface area (Å²) < 4.78 is 1.86. The number of aromatic nitrogens is 1. The molecule has 2 aliphatic rings. The van der Waals surface area contributed by atoms with Crippen LogP contribution in [0.1, 0.15) is 93.3 Å². The van der Waals surface area contributed by atoms with Gasteiger partial charge in [-0.1, -0.05) is 32.1 Å². The number of rotatable bonds is 7. The largest absolute Gasteiger partial charge is 0.480 e. The summed E-state index contributed by atoms with van der Waals surface area (Å²) in [6.07, 6.45) is 11.9. The third kappa shape index (κ3) is 6.27. The number of aryl methyl sites for hydroxylation is 1. The first kappa shape index (κ1) is 26.0. The van der Waals surface area contributed by atoms with Gasteiger partial charge < -0.3 is 19.9 Å². The van der Waals surface area contributed by atoms with E-state index in [1.807, 2.05) is 4.57 Å². The number of carbonyl (C=O) groups excluding carboxylic acids is 2. The van der Waals surface area contributed by atoms with Gasteiger partial charge in [0.2, 0.25) is 5.91 Å². The van der Waals surface area contributed by atoms with Crippen LogP contribution in [0.15, 0.2) is 10.9 Å². The molecule has 1 fully saturated rings. The van der Waals surface area contributed by atoms with Gasteiger partial charge in [0, 0.05) is 19.3 Å². The lowest BCUT2D eigenvalue weighted by Gasteiger charge is -2.30. The number of likely N-dealkylation sites (N-methyl/N-ethyl adjacent to an activating group) is 1. The predicted molar refractivity (Wildman–Crippen MR) is 130 cm³/mol. The summed E-state index contributed by atoms with van der Waals surface area (Å²) in [6.45, 7) is 3.23. The molecule has 1 saturated carbocycles. The maximum Gasteiger partial charge on any atom is 0.323 e. The Balaban J connectivity index is 1.93. The summed E-state index contributed by atoms with van der Waals surface area (Å²) in [5.74, 6) is -1.81. The van der Waals surface area contributed by atoms with E-state index in [-0.39, 0.29) is 11.1 Å². The van der Waals surface area contributed by atoms with Crippen molar-refractivity contribution in [2.24, 2.45) is 5.92 Å². The lowest BCUT2D eigenvalue weighted by atomic mass is 9.88. The van der Waals surface area contributed by atoms with E-state index >= 15 is 0 Å². The molecular weight excluding hydrogens is 434 g/mol. The maximum absolute atomic E-state index is 13.6. The van der Waals surface area contributed by atoms with E-state index in [1.165, 1.54) is 40.2 Å². The second-order valence-corrected chi connectivity index (χ2v) is 10.5. The summed E-state index contributed by atoms with van der Waals surface area (Å²) in [4.78, 5) is 51.7. The molecule has 8 heteroatoms. The quantitative estimate of drug-likeness (QED) is 0.632. The minimum atomic E-state index is -1.35. The Morgan fingerprint density at radius 2 is 1.68 bits per heavy atom. The van der Waals surface area contributed by atoms with E-state index in [9.17, 15) is 19.2 Å². The Morgan fingerprint density at radius 3 is 2.32 bits per heavy atom. The highest BCUT2D eigenvalue weighted by atomic mass is 16.4. The standard InChI is InChI=1S/C26H39N3O5/c1-26(2,25(34)28(3)17-22(30)31)27-23(32)20-15-19-13-9-4-5-10-14-21(19)29(24(20)33)16-18-11-7-6-8-12-18/h15,18H,4-14,16-17H2,1-3H3,(H,27,32)(H,30,31). The number of aliphatic carboxylic acids is 1. The first-order chi connectivity index (χ1) is 16.1. The Hall–Kier alpha value is -2.64. The number of nitrogens with zero attached hydrogens (tertiary/aromatic N) is 2. The van der Waals surface area contributed by atoms with Crippen LogP contribution in [0.25, 0.3) is 0 Å². The molecule has 2 N–H and O–H groups in total. The first-order valence-corrected chi connectivity index (χ1v) is 12.7. The van der Waals surface area contributed by atoms with Gasteiger partial charge in [-0.3, -0.25) is 19.2 Å². The highest BCUT2D eigenvalue weighted by Gasteiger charge is 2.34. The summed E-state index contributed by atoms with van der Waals surface area (Å²) in [7, 11) is 1.38. The third-order valence-electron chi connectivity index (χ3n) is 7.19. The second kappa shape index (κ2) is 11.2. The van der Waals surface area contributed by atoms with Crippen LogP contribution in [0.5, 0.6) is 0 Å². The smallest absolute Gasteiger partial charge is 0.323 e. The zero-order valence-electron chi connectivity index (χ0n) is 20.8. The molecule has 0 bridgehead atoms. The molecule has 0 saturated heterocycles. The fraction of sp³-hybridized carbons (Fsp3) is 0.692. The number of hydrogen-bond donors (Lipinski definition) is 2. The average Bonchev–Trinajstić information content (AvgIpc) is 2.75. The molecule has 188 valence electrons. The highest BCUT2D eigenvalue weighted by molar-refractivity contribution is 5.99. The summed E-state index contributed by atoms with van der Waals surface area (Å²) in [5.41, 5.74) is 0.559. The van der Waals surface area contributed by atoms with Gasteiger partial charge in [0.05, 0.1) is 0 Å². The maximum atomic E-state index is 13.6. The van der Waals surface area contributed by atoms with Crippen LogP contribution in [0, 0.1) is 5.92 Å². The SMILES string of the molecule is CN(CC(=O)O)C(=O)C(C)(C)NC(=O)c1cc2c(n(CC3CCCCC3)c1=O)CCCCCC2. The topological polar surface area (TPSA) is 109 Å². The van der Waals surface area contributed by atoms with Crippen LogP contribution in [0.3, 0.4) is 0 Å². The van der Waals surface area contributed by atoms with E-state index in [4.69, 9.17) is 5.11 Å². The Kier molecular flexibility index (Phi) is 8.55. The van der Waals surface area contributed by atoms with E-state index in [0.29, 0.717) is 12.5 Å². The van der Waals surface area contributed by atoms with E-state index < -0.39 is 29.9 Å². The van der Waals surface area contributed by atoms with Gasteiger partial charge in [-0.2, -0.15) is 0 Å². The molecule has 2 aliphatic carbocycles. The number of carboxylic acid groups (broad SMARTS) is 1. The minimum Gasteiger partial charge on any atom is -0.480 e.